The minimum absolute atomic E-state index is 0.170. The molecule has 1 fully saturated rings. The van der Waals surface area contributed by atoms with Crippen LogP contribution in [0, 0.1) is 0 Å². The Kier molecular flexibility index (Phi) is 3.62. The van der Waals surface area contributed by atoms with Gasteiger partial charge in [0.05, 0.1) is 0 Å². The molecule has 1 aliphatic carbocycles. The molecule has 0 radical (unpaired) electrons. The molecule has 100 valence electrons. The molecule has 0 amide bonds. The van der Waals surface area contributed by atoms with E-state index in [1.807, 2.05) is 10.1 Å². The van der Waals surface area contributed by atoms with Crippen molar-refractivity contribution in [3.63, 3.8) is 0 Å². The second-order valence-corrected chi connectivity index (χ2v) is 5.90. The third-order valence-electron chi connectivity index (χ3n) is 2.86. The Morgan fingerprint density at radius 1 is 1.17 bits per heavy atom. The molecule has 0 bridgehead atoms. The number of sulfonamides is 1. The fraction of sp³-hybridized carbons (Fsp3) is 0.667. The number of rotatable bonds is 3. The Morgan fingerprint density at radius 3 is 2.44 bits per heavy atom. The fourth-order valence-corrected chi connectivity index (χ4v) is 3.26. The third-order valence-corrected chi connectivity index (χ3v) is 4.29. The second kappa shape index (κ2) is 5.02. The highest BCUT2D eigenvalue weighted by atomic mass is 32.2. The summed E-state index contributed by atoms with van der Waals surface area (Å²) in [7, 11) is -3.98. The monoisotopic (exact) mass is 274 g/mol. The van der Waals surface area contributed by atoms with Crippen molar-refractivity contribution in [3.8, 4) is 0 Å². The Balaban J connectivity index is 2.24. The molecule has 2 rings (SSSR count). The van der Waals surface area contributed by atoms with Crippen LogP contribution >= 0.6 is 0 Å². The average molecular weight is 274 g/mol. The summed E-state index contributed by atoms with van der Waals surface area (Å²) in [6, 6.07) is -0.170. The lowest BCUT2D eigenvalue weighted by Crippen LogP contribution is -2.40. The van der Waals surface area contributed by atoms with Crippen LogP contribution in [-0.2, 0) is 10.0 Å². The normalized spacial score (nSPS) is 17.8. The van der Waals surface area contributed by atoms with Crippen molar-refractivity contribution in [1.82, 2.24) is 19.9 Å². The number of aromatic nitrogens is 3. The molecule has 0 unspecified atom stereocenters. The van der Waals surface area contributed by atoms with Crippen molar-refractivity contribution in [2.24, 2.45) is 0 Å². The van der Waals surface area contributed by atoms with Gasteiger partial charge in [-0.25, -0.2) is 23.0 Å². The zero-order chi connectivity index (χ0) is 13.2. The first-order valence-electron chi connectivity index (χ1n) is 5.70. The molecule has 1 aliphatic rings. The molecule has 9 heteroatoms. The minimum atomic E-state index is -3.98. The van der Waals surface area contributed by atoms with Gasteiger partial charge in [0.1, 0.15) is 0 Å². The molecule has 1 heterocycles. The van der Waals surface area contributed by atoms with Crippen molar-refractivity contribution in [3.05, 3.63) is 20.8 Å². The maximum atomic E-state index is 11.9. The van der Waals surface area contributed by atoms with Gasteiger partial charge >= 0.3 is 5.69 Å². The van der Waals surface area contributed by atoms with E-state index in [0.29, 0.717) is 0 Å². The van der Waals surface area contributed by atoms with Gasteiger partial charge in [-0.15, -0.1) is 0 Å². The molecule has 3 N–H and O–H groups in total. The van der Waals surface area contributed by atoms with Gasteiger partial charge in [0, 0.05) is 6.04 Å². The maximum absolute atomic E-state index is 11.9. The highest BCUT2D eigenvalue weighted by molar-refractivity contribution is 7.89. The van der Waals surface area contributed by atoms with Crippen molar-refractivity contribution in [2.75, 3.05) is 0 Å². The number of aromatic amines is 2. The summed E-state index contributed by atoms with van der Waals surface area (Å²) in [6.45, 7) is 0. The molecule has 1 saturated carbocycles. The number of hydrogen-bond acceptors (Lipinski definition) is 5. The predicted molar refractivity (Wildman–Crippen MR) is 62.7 cm³/mol. The summed E-state index contributed by atoms with van der Waals surface area (Å²) < 4.78 is 26.3. The van der Waals surface area contributed by atoms with Gasteiger partial charge in [-0.2, -0.15) is 5.10 Å². The van der Waals surface area contributed by atoms with E-state index < -0.39 is 26.3 Å². The molecule has 0 aliphatic heterocycles. The first-order chi connectivity index (χ1) is 8.49. The first-order valence-corrected chi connectivity index (χ1v) is 7.19. The number of nitrogens with one attached hydrogen (secondary N) is 3. The van der Waals surface area contributed by atoms with Gasteiger partial charge in [-0.05, 0) is 12.8 Å². The standard InChI is InChI=1S/C9H14N4O4S/c14-7-8(11-12-9(15)10-7)18(16,17)13-6-4-2-1-3-5-6/h6,13H,1-5H2,(H2,10,12,14,15). The maximum Gasteiger partial charge on any atom is 0.342 e. The molecule has 0 spiro atoms. The van der Waals surface area contributed by atoms with Crippen molar-refractivity contribution >= 4 is 10.0 Å². The molecule has 0 atom stereocenters. The number of nitrogens with zero attached hydrogens (tertiary/aromatic N) is 1. The largest absolute Gasteiger partial charge is 0.342 e. The van der Waals surface area contributed by atoms with Crippen molar-refractivity contribution < 1.29 is 8.42 Å². The van der Waals surface area contributed by atoms with E-state index in [2.05, 4.69) is 9.82 Å². The zero-order valence-corrected chi connectivity index (χ0v) is 10.4. The Bertz CT molecular complexity index is 626. The Hall–Kier alpha value is -1.48. The Morgan fingerprint density at radius 2 is 1.83 bits per heavy atom. The van der Waals surface area contributed by atoms with E-state index in [4.69, 9.17) is 0 Å². The van der Waals surface area contributed by atoms with E-state index in [9.17, 15) is 18.0 Å². The van der Waals surface area contributed by atoms with Crippen LogP contribution in [0.15, 0.2) is 14.6 Å². The van der Waals surface area contributed by atoms with E-state index in [1.54, 1.807) is 0 Å². The Labute approximate surface area is 103 Å². The van der Waals surface area contributed by atoms with Crippen LogP contribution in [0.2, 0.25) is 0 Å². The first kappa shape index (κ1) is 13.0. The van der Waals surface area contributed by atoms with Gasteiger partial charge in [-0.3, -0.25) is 9.78 Å². The number of hydrogen-bond donors (Lipinski definition) is 3. The zero-order valence-electron chi connectivity index (χ0n) is 9.60. The molecule has 8 nitrogen and oxygen atoms in total. The second-order valence-electron chi connectivity index (χ2n) is 4.27. The molecule has 0 aromatic carbocycles. The van der Waals surface area contributed by atoms with Crippen LogP contribution in [0.5, 0.6) is 0 Å². The highest BCUT2D eigenvalue weighted by Crippen LogP contribution is 2.18. The van der Waals surface area contributed by atoms with E-state index >= 15 is 0 Å². The lowest BCUT2D eigenvalue weighted by molar-refractivity contribution is 0.411. The highest BCUT2D eigenvalue weighted by Gasteiger charge is 2.25. The summed E-state index contributed by atoms with van der Waals surface area (Å²) in [6.07, 6.45) is 4.52. The van der Waals surface area contributed by atoms with E-state index in [-0.39, 0.29) is 6.04 Å². The van der Waals surface area contributed by atoms with Crippen LogP contribution in [0.3, 0.4) is 0 Å². The number of H-pyrrole nitrogens is 2. The quantitative estimate of drug-likeness (QED) is 0.656. The smallest absolute Gasteiger partial charge is 0.270 e. The average Bonchev–Trinajstić information content (AvgIpc) is 2.29. The van der Waals surface area contributed by atoms with E-state index in [0.717, 1.165) is 32.1 Å². The fourth-order valence-electron chi connectivity index (χ4n) is 2.01. The lowest BCUT2D eigenvalue weighted by atomic mass is 9.96. The van der Waals surface area contributed by atoms with Crippen LogP contribution in [-0.4, -0.2) is 29.6 Å². The summed E-state index contributed by atoms with van der Waals surface area (Å²) in [5.41, 5.74) is -1.85. The van der Waals surface area contributed by atoms with Gasteiger partial charge < -0.3 is 0 Å². The van der Waals surface area contributed by atoms with Gasteiger partial charge in [0.25, 0.3) is 20.6 Å². The van der Waals surface area contributed by atoms with Gasteiger partial charge in [0.15, 0.2) is 0 Å². The van der Waals surface area contributed by atoms with Gasteiger partial charge in [-0.1, -0.05) is 19.3 Å². The third kappa shape index (κ3) is 2.85. The minimum Gasteiger partial charge on any atom is -0.270 e. The predicted octanol–water partition coefficient (Wildman–Crippen LogP) is -0.931. The SMILES string of the molecule is O=c1[nH]nc(S(=O)(=O)NC2CCCCC2)c(=O)[nH]1. The van der Waals surface area contributed by atoms with Crippen molar-refractivity contribution in [2.45, 2.75) is 43.2 Å². The summed E-state index contributed by atoms with van der Waals surface area (Å²) in [4.78, 5) is 24.0. The molecule has 0 saturated heterocycles. The summed E-state index contributed by atoms with van der Waals surface area (Å²) in [5.74, 6) is 0. The van der Waals surface area contributed by atoms with Crippen molar-refractivity contribution in [1.29, 1.82) is 0 Å². The van der Waals surface area contributed by atoms with Crippen LogP contribution in [0.4, 0.5) is 0 Å². The molecular weight excluding hydrogens is 260 g/mol. The molecule has 1 aromatic rings. The van der Waals surface area contributed by atoms with Crippen LogP contribution in [0.1, 0.15) is 32.1 Å². The van der Waals surface area contributed by atoms with Crippen LogP contribution < -0.4 is 16.0 Å². The summed E-state index contributed by atoms with van der Waals surface area (Å²) >= 11 is 0. The topological polar surface area (TPSA) is 125 Å². The molecular formula is C9H14N4O4S. The van der Waals surface area contributed by atoms with Crippen LogP contribution in [0.25, 0.3) is 0 Å². The lowest BCUT2D eigenvalue weighted by Gasteiger charge is -2.21. The summed E-state index contributed by atoms with van der Waals surface area (Å²) in [5, 5.41) is 4.49. The molecule has 1 aromatic heterocycles. The van der Waals surface area contributed by atoms with E-state index in [1.165, 1.54) is 0 Å². The van der Waals surface area contributed by atoms with Gasteiger partial charge in [0.2, 0.25) is 0 Å². The molecule has 18 heavy (non-hydrogen) atoms.